The fraction of sp³-hybridized carbons (Fsp3) is 0.417. The van der Waals surface area contributed by atoms with Gasteiger partial charge in [-0.15, -0.1) is 11.6 Å². The smallest absolute Gasteiger partial charge is 0.177 e. The average Bonchev–Trinajstić information content (AvgIpc) is 2.82. The highest BCUT2D eigenvalue weighted by atomic mass is 35.5. The van der Waals surface area contributed by atoms with Crippen LogP contribution in [0.2, 0.25) is 0 Å². The number of anilines is 1. The highest BCUT2D eigenvalue weighted by Crippen LogP contribution is 2.20. The van der Waals surface area contributed by atoms with Crippen LogP contribution >= 0.6 is 11.6 Å². The summed E-state index contributed by atoms with van der Waals surface area (Å²) < 4.78 is 0. The van der Waals surface area contributed by atoms with Crippen LogP contribution in [0.15, 0.2) is 24.3 Å². The molecule has 0 radical (unpaired) electrons. The minimum Gasteiger partial charge on any atom is -0.372 e. The molecule has 0 bridgehead atoms. The molecule has 1 aromatic rings. The SMILES string of the molecule is O=C(CCl)c1ccc(N2CCCC2)cc1. The summed E-state index contributed by atoms with van der Waals surface area (Å²) in [5, 5.41) is 0. The molecule has 80 valence electrons. The van der Waals surface area contributed by atoms with Gasteiger partial charge in [0, 0.05) is 24.3 Å². The Hall–Kier alpha value is -1.02. The van der Waals surface area contributed by atoms with Crippen molar-refractivity contribution in [3.63, 3.8) is 0 Å². The summed E-state index contributed by atoms with van der Waals surface area (Å²) in [6.07, 6.45) is 2.53. The van der Waals surface area contributed by atoms with Crippen molar-refractivity contribution >= 4 is 23.1 Å². The van der Waals surface area contributed by atoms with E-state index in [1.807, 2.05) is 24.3 Å². The van der Waals surface area contributed by atoms with E-state index in [4.69, 9.17) is 11.6 Å². The summed E-state index contributed by atoms with van der Waals surface area (Å²) in [7, 11) is 0. The van der Waals surface area contributed by atoms with Gasteiger partial charge in [0.25, 0.3) is 0 Å². The number of benzene rings is 1. The normalized spacial score (nSPS) is 15.7. The van der Waals surface area contributed by atoms with Crippen LogP contribution in [0.3, 0.4) is 0 Å². The summed E-state index contributed by atoms with van der Waals surface area (Å²) in [4.78, 5) is 13.6. The van der Waals surface area contributed by atoms with E-state index in [0.29, 0.717) is 5.56 Å². The van der Waals surface area contributed by atoms with E-state index >= 15 is 0 Å². The molecule has 0 unspecified atom stereocenters. The van der Waals surface area contributed by atoms with Crippen molar-refractivity contribution in [3.8, 4) is 0 Å². The minimum atomic E-state index is -0.00959. The molecule has 1 aliphatic heterocycles. The monoisotopic (exact) mass is 223 g/mol. The fourth-order valence-electron chi connectivity index (χ4n) is 1.91. The van der Waals surface area contributed by atoms with Gasteiger partial charge in [0.15, 0.2) is 5.78 Å². The van der Waals surface area contributed by atoms with Crippen molar-refractivity contribution in [3.05, 3.63) is 29.8 Å². The first-order valence-electron chi connectivity index (χ1n) is 5.25. The number of nitrogens with zero attached hydrogens (tertiary/aromatic N) is 1. The second-order valence-electron chi connectivity index (χ2n) is 3.80. The first-order chi connectivity index (χ1) is 7.31. The summed E-state index contributed by atoms with van der Waals surface area (Å²) in [6.45, 7) is 2.26. The zero-order valence-corrected chi connectivity index (χ0v) is 9.33. The molecule has 0 saturated carbocycles. The van der Waals surface area contributed by atoms with Crippen molar-refractivity contribution in [2.45, 2.75) is 12.8 Å². The number of alkyl halides is 1. The van der Waals surface area contributed by atoms with E-state index in [9.17, 15) is 4.79 Å². The third kappa shape index (κ3) is 2.32. The van der Waals surface area contributed by atoms with Gasteiger partial charge in [-0.3, -0.25) is 4.79 Å². The van der Waals surface area contributed by atoms with E-state index in [2.05, 4.69) is 4.90 Å². The number of halogens is 1. The van der Waals surface area contributed by atoms with Crippen LogP contribution in [0, 0.1) is 0 Å². The second-order valence-corrected chi connectivity index (χ2v) is 4.07. The Morgan fingerprint density at radius 3 is 2.33 bits per heavy atom. The van der Waals surface area contributed by atoms with Crippen molar-refractivity contribution in [2.24, 2.45) is 0 Å². The van der Waals surface area contributed by atoms with Crippen LogP contribution in [-0.2, 0) is 0 Å². The lowest BCUT2D eigenvalue weighted by Crippen LogP contribution is -2.17. The summed E-state index contributed by atoms with van der Waals surface area (Å²) in [6, 6.07) is 7.73. The standard InChI is InChI=1S/C12H14ClNO/c13-9-12(15)10-3-5-11(6-4-10)14-7-1-2-8-14/h3-6H,1-2,7-9H2. The van der Waals surface area contributed by atoms with Gasteiger partial charge in [0.2, 0.25) is 0 Å². The van der Waals surface area contributed by atoms with Gasteiger partial charge in [0.05, 0.1) is 5.88 Å². The van der Waals surface area contributed by atoms with Gasteiger partial charge in [-0.1, -0.05) is 0 Å². The van der Waals surface area contributed by atoms with Crippen LogP contribution in [-0.4, -0.2) is 24.8 Å². The molecule has 0 aromatic heterocycles. The van der Waals surface area contributed by atoms with Gasteiger partial charge in [0.1, 0.15) is 0 Å². The topological polar surface area (TPSA) is 20.3 Å². The quantitative estimate of drug-likeness (QED) is 0.580. The van der Waals surface area contributed by atoms with E-state index in [1.54, 1.807) is 0 Å². The lowest BCUT2D eigenvalue weighted by atomic mass is 10.1. The highest BCUT2D eigenvalue weighted by Gasteiger charge is 2.12. The maximum absolute atomic E-state index is 11.3. The molecule has 0 aliphatic carbocycles. The van der Waals surface area contributed by atoms with E-state index in [0.717, 1.165) is 13.1 Å². The van der Waals surface area contributed by atoms with Gasteiger partial charge in [-0.05, 0) is 37.1 Å². The van der Waals surface area contributed by atoms with Crippen LogP contribution in [0.1, 0.15) is 23.2 Å². The van der Waals surface area contributed by atoms with Crippen LogP contribution in [0.4, 0.5) is 5.69 Å². The number of hydrogen-bond donors (Lipinski definition) is 0. The van der Waals surface area contributed by atoms with Gasteiger partial charge in [-0.2, -0.15) is 0 Å². The van der Waals surface area contributed by atoms with Crippen LogP contribution in [0.5, 0.6) is 0 Å². The molecule has 1 heterocycles. The van der Waals surface area contributed by atoms with E-state index in [1.165, 1.54) is 18.5 Å². The zero-order chi connectivity index (χ0) is 10.7. The molecular formula is C12H14ClNO. The number of carbonyl (C=O) groups excluding carboxylic acids is 1. The van der Waals surface area contributed by atoms with E-state index < -0.39 is 0 Å². The number of carbonyl (C=O) groups is 1. The van der Waals surface area contributed by atoms with Crippen LogP contribution < -0.4 is 4.90 Å². The Morgan fingerprint density at radius 1 is 1.20 bits per heavy atom. The van der Waals surface area contributed by atoms with Gasteiger partial charge >= 0.3 is 0 Å². The molecule has 0 atom stereocenters. The Balaban J connectivity index is 2.12. The Morgan fingerprint density at radius 2 is 1.80 bits per heavy atom. The Bertz CT molecular complexity index is 341. The second kappa shape index (κ2) is 4.67. The van der Waals surface area contributed by atoms with Crippen molar-refractivity contribution in [2.75, 3.05) is 23.9 Å². The highest BCUT2D eigenvalue weighted by molar-refractivity contribution is 6.30. The zero-order valence-electron chi connectivity index (χ0n) is 8.58. The maximum Gasteiger partial charge on any atom is 0.177 e. The Kier molecular flexibility index (Phi) is 3.27. The number of ketones is 1. The first kappa shape index (κ1) is 10.5. The molecule has 15 heavy (non-hydrogen) atoms. The van der Waals surface area contributed by atoms with Crippen molar-refractivity contribution < 1.29 is 4.79 Å². The number of rotatable bonds is 3. The van der Waals surface area contributed by atoms with Crippen LogP contribution in [0.25, 0.3) is 0 Å². The fourth-order valence-corrected chi connectivity index (χ4v) is 2.06. The third-order valence-corrected chi connectivity index (χ3v) is 3.02. The molecule has 0 amide bonds. The molecule has 1 aliphatic rings. The average molecular weight is 224 g/mol. The lowest BCUT2D eigenvalue weighted by Gasteiger charge is -2.17. The Labute approximate surface area is 94.8 Å². The summed E-state index contributed by atoms with van der Waals surface area (Å²) in [5.74, 6) is 0.0490. The lowest BCUT2D eigenvalue weighted by molar-refractivity contribution is 0.102. The molecule has 0 N–H and O–H groups in total. The largest absolute Gasteiger partial charge is 0.372 e. The maximum atomic E-state index is 11.3. The van der Waals surface area contributed by atoms with Crippen molar-refractivity contribution in [1.29, 1.82) is 0 Å². The molecule has 2 rings (SSSR count). The molecular weight excluding hydrogens is 210 g/mol. The summed E-state index contributed by atoms with van der Waals surface area (Å²) in [5.41, 5.74) is 1.91. The molecule has 2 nitrogen and oxygen atoms in total. The van der Waals surface area contributed by atoms with Crippen molar-refractivity contribution in [1.82, 2.24) is 0 Å². The van der Waals surface area contributed by atoms with Gasteiger partial charge in [-0.25, -0.2) is 0 Å². The molecule has 1 aromatic carbocycles. The molecule has 1 saturated heterocycles. The van der Waals surface area contributed by atoms with E-state index in [-0.39, 0.29) is 11.7 Å². The number of hydrogen-bond acceptors (Lipinski definition) is 2. The molecule has 3 heteroatoms. The predicted molar refractivity (Wildman–Crippen MR) is 62.9 cm³/mol. The number of Topliss-reactive ketones (excluding diaryl/α,β-unsaturated/α-hetero) is 1. The first-order valence-corrected chi connectivity index (χ1v) is 5.79. The minimum absolute atomic E-state index is 0.00959. The third-order valence-electron chi connectivity index (χ3n) is 2.78. The molecule has 1 fully saturated rings. The summed E-state index contributed by atoms with van der Waals surface area (Å²) >= 11 is 5.49. The molecule has 0 spiro atoms. The predicted octanol–water partition coefficient (Wildman–Crippen LogP) is 2.71. The van der Waals surface area contributed by atoms with Gasteiger partial charge < -0.3 is 4.90 Å².